The van der Waals surface area contributed by atoms with Crippen molar-refractivity contribution in [1.29, 1.82) is 0 Å². The van der Waals surface area contributed by atoms with Gasteiger partial charge in [0.1, 0.15) is 12.4 Å². The average Bonchev–Trinajstić information content (AvgIpc) is 2.83. The lowest BCUT2D eigenvalue weighted by molar-refractivity contribution is 0.229. The molecule has 0 radical (unpaired) electrons. The van der Waals surface area contributed by atoms with Gasteiger partial charge in [-0.05, 0) is 42.9 Å². The monoisotopic (exact) mass is 374 g/mol. The number of likely N-dealkylation sites (tertiary alicyclic amines) is 1. The zero-order valence-corrected chi connectivity index (χ0v) is 14.6. The van der Waals surface area contributed by atoms with Crippen LogP contribution in [0.5, 0.6) is 5.75 Å². The van der Waals surface area contributed by atoms with E-state index in [-0.39, 0.29) is 12.4 Å². The van der Waals surface area contributed by atoms with Crippen LogP contribution in [0, 0.1) is 11.8 Å². The molecule has 0 aromatic heterocycles. The summed E-state index contributed by atoms with van der Waals surface area (Å²) in [5.74, 6) is 2.48. The molecule has 3 atom stereocenters. The van der Waals surface area contributed by atoms with E-state index in [1.54, 1.807) is 0 Å². The largest absolute Gasteiger partial charge is 0.492 e. The summed E-state index contributed by atoms with van der Waals surface area (Å²) in [6.07, 6.45) is 3.88. The Morgan fingerprint density at radius 2 is 2.14 bits per heavy atom. The Labute approximate surface area is 141 Å². The number of rotatable bonds is 4. The fourth-order valence-corrected chi connectivity index (χ4v) is 4.02. The van der Waals surface area contributed by atoms with Crippen LogP contribution in [0.1, 0.15) is 19.3 Å². The third-order valence-corrected chi connectivity index (χ3v) is 5.20. The van der Waals surface area contributed by atoms with E-state index in [2.05, 4.69) is 20.8 Å². The smallest absolute Gasteiger partial charge is 0.120 e. The van der Waals surface area contributed by atoms with Gasteiger partial charge in [0.25, 0.3) is 0 Å². The van der Waals surface area contributed by atoms with Crippen molar-refractivity contribution in [2.75, 3.05) is 26.2 Å². The highest BCUT2D eigenvalue weighted by Crippen LogP contribution is 2.35. The van der Waals surface area contributed by atoms with Gasteiger partial charge in [-0.25, -0.2) is 0 Å². The minimum absolute atomic E-state index is 0. The van der Waals surface area contributed by atoms with E-state index in [1.165, 1.54) is 25.8 Å². The van der Waals surface area contributed by atoms with E-state index in [1.807, 2.05) is 24.3 Å². The molecular weight excluding hydrogens is 352 g/mol. The molecule has 1 aliphatic carbocycles. The maximum absolute atomic E-state index is 6.26. The topological polar surface area (TPSA) is 38.5 Å². The molecule has 0 spiro atoms. The molecule has 3 nitrogen and oxygen atoms in total. The minimum Gasteiger partial charge on any atom is -0.492 e. The number of halogens is 2. The summed E-state index contributed by atoms with van der Waals surface area (Å²) in [6, 6.07) is 8.46. The van der Waals surface area contributed by atoms with Crippen LogP contribution in [0.3, 0.4) is 0 Å². The Morgan fingerprint density at radius 3 is 2.90 bits per heavy atom. The van der Waals surface area contributed by atoms with Gasteiger partial charge >= 0.3 is 0 Å². The average molecular weight is 376 g/mol. The Balaban J connectivity index is 0.00000161. The maximum Gasteiger partial charge on any atom is 0.120 e. The van der Waals surface area contributed by atoms with Gasteiger partial charge in [0.2, 0.25) is 0 Å². The highest BCUT2D eigenvalue weighted by atomic mass is 79.9. The number of nitrogens with zero attached hydrogens (tertiary/aromatic N) is 1. The zero-order chi connectivity index (χ0) is 13.9. The lowest BCUT2D eigenvalue weighted by Gasteiger charge is -2.29. The van der Waals surface area contributed by atoms with Gasteiger partial charge in [-0.1, -0.05) is 28.4 Å². The van der Waals surface area contributed by atoms with Gasteiger partial charge in [0.15, 0.2) is 0 Å². The SMILES string of the molecule is Cl.NC1CCCC2CN(CCOc3cccc(Br)c3)CC12. The van der Waals surface area contributed by atoms with E-state index in [9.17, 15) is 0 Å². The summed E-state index contributed by atoms with van der Waals surface area (Å²) in [6.45, 7) is 4.13. The molecule has 5 heteroatoms. The maximum atomic E-state index is 6.26. The van der Waals surface area contributed by atoms with Gasteiger partial charge < -0.3 is 10.5 Å². The van der Waals surface area contributed by atoms with Crippen molar-refractivity contribution in [3.63, 3.8) is 0 Å². The van der Waals surface area contributed by atoms with Crippen LogP contribution in [0.4, 0.5) is 0 Å². The third kappa shape index (κ3) is 4.35. The van der Waals surface area contributed by atoms with Crippen molar-refractivity contribution >= 4 is 28.3 Å². The summed E-state index contributed by atoms with van der Waals surface area (Å²) in [5.41, 5.74) is 6.26. The second kappa shape index (κ2) is 7.82. The molecule has 1 saturated carbocycles. The Morgan fingerprint density at radius 1 is 1.29 bits per heavy atom. The molecule has 3 unspecified atom stereocenters. The Bertz CT molecular complexity index is 460. The first-order valence-corrected chi connectivity index (χ1v) is 8.38. The van der Waals surface area contributed by atoms with Gasteiger partial charge in [-0.3, -0.25) is 4.90 Å². The van der Waals surface area contributed by atoms with Crippen LogP contribution in [-0.4, -0.2) is 37.2 Å². The fraction of sp³-hybridized carbons (Fsp3) is 0.625. The van der Waals surface area contributed by atoms with Crippen LogP contribution < -0.4 is 10.5 Å². The van der Waals surface area contributed by atoms with Gasteiger partial charge in [0, 0.05) is 30.1 Å². The Kier molecular flexibility index (Phi) is 6.35. The summed E-state index contributed by atoms with van der Waals surface area (Å²) in [4.78, 5) is 2.53. The molecule has 0 amide bonds. The lowest BCUT2D eigenvalue weighted by atomic mass is 9.78. The quantitative estimate of drug-likeness (QED) is 0.877. The molecule has 0 bridgehead atoms. The van der Waals surface area contributed by atoms with Crippen LogP contribution in [-0.2, 0) is 0 Å². The minimum atomic E-state index is 0. The number of ether oxygens (including phenoxy) is 1. The molecule has 2 N–H and O–H groups in total. The normalized spacial score (nSPS) is 28.8. The molecule has 2 fully saturated rings. The zero-order valence-electron chi connectivity index (χ0n) is 12.2. The molecule has 1 aromatic rings. The van der Waals surface area contributed by atoms with Crippen LogP contribution in [0.25, 0.3) is 0 Å². The lowest BCUT2D eigenvalue weighted by Crippen LogP contribution is -2.38. The van der Waals surface area contributed by atoms with Crippen molar-refractivity contribution < 1.29 is 4.74 Å². The molecule has 1 saturated heterocycles. The number of fused-ring (bicyclic) bond motifs is 1. The summed E-state index contributed by atoms with van der Waals surface area (Å²) in [7, 11) is 0. The van der Waals surface area contributed by atoms with E-state index in [0.29, 0.717) is 6.04 Å². The second-order valence-electron chi connectivity index (χ2n) is 6.08. The predicted molar refractivity (Wildman–Crippen MR) is 92.1 cm³/mol. The number of nitrogens with two attached hydrogens (primary N) is 1. The summed E-state index contributed by atoms with van der Waals surface area (Å²) >= 11 is 3.46. The van der Waals surface area contributed by atoms with Crippen molar-refractivity contribution in [2.24, 2.45) is 17.6 Å². The number of benzene rings is 1. The third-order valence-electron chi connectivity index (χ3n) is 4.70. The molecule has 3 rings (SSSR count). The highest BCUT2D eigenvalue weighted by Gasteiger charge is 2.38. The molecule has 118 valence electrons. The Hall–Kier alpha value is -0.290. The van der Waals surface area contributed by atoms with Crippen LogP contribution in [0.15, 0.2) is 28.7 Å². The highest BCUT2D eigenvalue weighted by molar-refractivity contribution is 9.10. The predicted octanol–water partition coefficient (Wildman–Crippen LogP) is 3.31. The second-order valence-corrected chi connectivity index (χ2v) is 7.00. The van der Waals surface area contributed by atoms with Crippen molar-refractivity contribution in [2.45, 2.75) is 25.3 Å². The number of hydrogen-bond donors (Lipinski definition) is 1. The first-order valence-electron chi connectivity index (χ1n) is 7.58. The van der Waals surface area contributed by atoms with Crippen molar-refractivity contribution in [3.8, 4) is 5.75 Å². The molecule has 2 aliphatic rings. The van der Waals surface area contributed by atoms with E-state index < -0.39 is 0 Å². The first-order chi connectivity index (χ1) is 9.72. The number of hydrogen-bond acceptors (Lipinski definition) is 3. The van der Waals surface area contributed by atoms with Crippen LogP contribution >= 0.6 is 28.3 Å². The van der Waals surface area contributed by atoms with E-state index in [4.69, 9.17) is 10.5 Å². The van der Waals surface area contributed by atoms with Crippen molar-refractivity contribution in [3.05, 3.63) is 28.7 Å². The molecule has 21 heavy (non-hydrogen) atoms. The first kappa shape index (κ1) is 17.1. The van der Waals surface area contributed by atoms with Crippen LogP contribution in [0.2, 0.25) is 0 Å². The van der Waals surface area contributed by atoms with Crippen molar-refractivity contribution in [1.82, 2.24) is 4.90 Å². The molecule has 1 aromatic carbocycles. The molecule has 1 heterocycles. The van der Waals surface area contributed by atoms with Gasteiger partial charge in [-0.15, -0.1) is 12.4 Å². The van der Waals surface area contributed by atoms with E-state index >= 15 is 0 Å². The molecule has 1 aliphatic heterocycles. The summed E-state index contributed by atoms with van der Waals surface area (Å²) in [5, 5.41) is 0. The molecular formula is C16H24BrClN2O. The standard InChI is InChI=1S/C16H23BrN2O.ClH/c17-13-4-2-5-14(9-13)20-8-7-19-10-12-3-1-6-16(18)15(12)11-19;/h2,4-5,9,12,15-16H,1,3,6-8,10-11,18H2;1H. The van der Waals surface area contributed by atoms with E-state index in [0.717, 1.165) is 41.8 Å². The fourth-order valence-electron chi connectivity index (χ4n) is 3.64. The van der Waals surface area contributed by atoms with Gasteiger partial charge in [0.05, 0.1) is 0 Å². The summed E-state index contributed by atoms with van der Waals surface area (Å²) < 4.78 is 6.89. The van der Waals surface area contributed by atoms with Gasteiger partial charge in [-0.2, -0.15) is 0 Å².